The average molecular weight is 464 g/mol. The van der Waals surface area contributed by atoms with Crippen molar-refractivity contribution in [2.45, 2.75) is 25.7 Å². The number of carbonyl (C=O) groups excluding carboxylic acids is 1. The number of ether oxygens (including phenoxy) is 3. The topological polar surface area (TPSA) is 72.9 Å². The molecule has 3 aromatic rings. The van der Waals surface area contributed by atoms with Crippen LogP contribution in [0.5, 0.6) is 17.2 Å². The van der Waals surface area contributed by atoms with E-state index in [9.17, 15) is 4.79 Å². The van der Waals surface area contributed by atoms with Crippen molar-refractivity contribution in [3.8, 4) is 28.5 Å². The first-order valence-electron chi connectivity index (χ1n) is 11.7. The van der Waals surface area contributed by atoms with E-state index in [1.54, 1.807) is 21.3 Å². The van der Waals surface area contributed by atoms with Crippen LogP contribution >= 0.6 is 0 Å². The number of pyridine rings is 1. The van der Waals surface area contributed by atoms with Crippen molar-refractivity contribution in [1.82, 2.24) is 15.2 Å². The van der Waals surface area contributed by atoms with Gasteiger partial charge in [-0.25, -0.2) is 4.98 Å². The Bertz CT molecular complexity index is 1180. The molecule has 1 aliphatic rings. The highest BCUT2D eigenvalue weighted by molar-refractivity contribution is 6.08. The molecule has 4 rings (SSSR count). The van der Waals surface area contributed by atoms with Crippen molar-refractivity contribution >= 4 is 16.8 Å². The van der Waals surface area contributed by atoms with E-state index >= 15 is 0 Å². The maximum absolute atomic E-state index is 13.3. The van der Waals surface area contributed by atoms with E-state index in [1.165, 1.54) is 17.5 Å². The Morgan fingerprint density at radius 1 is 1.00 bits per heavy atom. The van der Waals surface area contributed by atoms with Crippen molar-refractivity contribution in [3.63, 3.8) is 0 Å². The molecule has 1 aromatic heterocycles. The highest BCUT2D eigenvalue weighted by atomic mass is 16.5. The lowest BCUT2D eigenvalue weighted by Gasteiger charge is -2.20. The van der Waals surface area contributed by atoms with Gasteiger partial charge in [0.1, 0.15) is 0 Å². The molecule has 7 heteroatoms. The number of nitrogens with zero attached hydrogens (tertiary/aromatic N) is 2. The lowest BCUT2D eigenvalue weighted by molar-refractivity contribution is 0.0952. The number of benzene rings is 2. The molecule has 7 nitrogen and oxygen atoms in total. The molecule has 0 saturated carbocycles. The number of aromatic nitrogens is 1. The van der Waals surface area contributed by atoms with Gasteiger partial charge in [0.15, 0.2) is 11.5 Å². The summed E-state index contributed by atoms with van der Waals surface area (Å²) in [5.41, 5.74) is 5.60. The Hall–Kier alpha value is -3.32. The van der Waals surface area contributed by atoms with Crippen LogP contribution in [-0.2, 0) is 12.8 Å². The molecule has 0 fully saturated rings. The molecule has 1 amide bonds. The van der Waals surface area contributed by atoms with Gasteiger partial charge >= 0.3 is 0 Å². The number of carbonyl (C=O) groups is 1. The Morgan fingerprint density at radius 2 is 1.71 bits per heavy atom. The number of nitrogens with one attached hydrogen (secondary N) is 1. The molecule has 2 aromatic carbocycles. The average Bonchev–Trinajstić information content (AvgIpc) is 2.86. The van der Waals surface area contributed by atoms with Crippen molar-refractivity contribution in [2.75, 3.05) is 48.5 Å². The quantitative estimate of drug-likeness (QED) is 0.542. The Labute approximate surface area is 201 Å². The highest BCUT2D eigenvalue weighted by Crippen LogP contribution is 2.41. The van der Waals surface area contributed by atoms with Gasteiger partial charge in [-0.1, -0.05) is 12.1 Å². The van der Waals surface area contributed by atoms with Gasteiger partial charge in [-0.05, 0) is 69.1 Å². The van der Waals surface area contributed by atoms with E-state index in [-0.39, 0.29) is 5.91 Å². The van der Waals surface area contributed by atoms with Gasteiger partial charge in [-0.2, -0.15) is 0 Å². The summed E-state index contributed by atoms with van der Waals surface area (Å²) in [5, 5.41) is 3.95. The van der Waals surface area contributed by atoms with Crippen molar-refractivity contribution < 1.29 is 19.0 Å². The van der Waals surface area contributed by atoms with Gasteiger partial charge in [-0.3, -0.25) is 4.79 Å². The molecule has 34 heavy (non-hydrogen) atoms. The van der Waals surface area contributed by atoms with E-state index < -0.39 is 0 Å². The third-order valence-corrected chi connectivity index (χ3v) is 6.36. The molecule has 0 bridgehead atoms. The lowest BCUT2D eigenvalue weighted by atomic mass is 9.88. The molecule has 0 spiro atoms. The van der Waals surface area contributed by atoms with Crippen LogP contribution in [0.25, 0.3) is 22.2 Å². The van der Waals surface area contributed by atoms with Gasteiger partial charge < -0.3 is 24.4 Å². The zero-order valence-corrected chi connectivity index (χ0v) is 20.7. The van der Waals surface area contributed by atoms with Crippen LogP contribution in [0.4, 0.5) is 0 Å². The highest BCUT2D eigenvalue weighted by Gasteiger charge is 2.21. The molecule has 0 saturated heterocycles. The molecule has 1 N–H and O–H groups in total. The fourth-order valence-electron chi connectivity index (χ4n) is 4.57. The molecule has 0 atom stereocenters. The summed E-state index contributed by atoms with van der Waals surface area (Å²) in [6, 6.07) is 9.82. The monoisotopic (exact) mass is 463 g/mol. The van der Waals surface area contributed by atoms with E-state index in [2.05, 4.69) is 11.4 Å². The van der Waals surface area contributed by atoms with Crippen LogP contribution in [0.1, 0.15) is 34.3 Å². The standard InChI is InChI=1S/C27H33N3O4/c1-30(2)13-12-28-27(31)21-16-22(18-14-23(32-3)26(34-5)24(15-18)33-4)29-25-19-9-7-6-8-17(19)10-11-20(21)25/h10-11,14-16H,6-9,12-13H2,1-5H3,(H,28,31). The second kappa shape index (κ2) is 10.3. The zero-order valence-electron chi connectivity index (χ0n) is 20.7. The van der Waals surface area contributed by atoms with Gasteiger partial charge in [0, 0.05) is 24.0 Å². The molecule has 0 aliphatic heterocycles. The number of hydrogen-bond donors (Lipinski definition) is 1. The number of aryl methyl sites for hydroxylation is 2. The van der Waals surface area contributed by atoms with Crippen LogP contribution in [0, 0.1) is 0 Å². The maximum atomic E-state index is 13.3. The summed E-state index contributed by atoms with van der Waals surface area (Å²) in [5.74, 6) is 1.52. The zero-order chi connectivity index (χ0) is 24.2. The van der Waals surface area contributed by atoms with Crippen LogP contribution < -0.4 is 19.5 Å². The Morgan fingerprint density at radius 3 is 2.35 bits per heavy atom. The van der Waals surface area contributed by atoms with E-state index in [4.69, 9.17) is 19.2 Å². The van der Waals surface area contributed by atoms with Crippen molar-refractivity contribution in [2.24, 2.45) is 0 Å². The number of fused-ring (bicyclic) bond motifs is 3. The fraction of sp³-hybridized carbons (Fsp3) is 0.407. The number of methoxy groups -OCH3 is 3. The summed E-state index contributed by atoms with van der Waals surface area (Å²) in [6.07, 6.45) is 4.33. The maximum Gasteiger partial charge on any atom is 0.252 e. The summed E-state index contributed by atoms with van der Waals surface area (Å²) < 4.78 is 16.6. The van der Waals surface area contributed by atoms with Crippen molar-refractivity contribution in [3.05, 3.63) is 47.0 Å². The van der Waals surface area contributed by atoms with E-state index in [0.717, 1.165) is 42.3 Å². The second-order valence-electron chi connectivity index (χ2n) is 8.83. The molecular formula is C27H33N3O4. The molecule has 1 heterocycles. The van der Waals surface area contributed by atoms with Crippen LogP contribution in [0.2, 0.25) is 0 Å². The third-order valence-electron chi connectivity index (χ3n) is 6.36. The number of rotatable bonds is 8. The first-order valence-corrected chi connectivity index (χ1v) is 11.7. The summed E-state index contributed by atoms with van der Waals surface area (Å²) in [6.45, 7) is 1.34. The van der Waals surface area contributed by atoms with E-state index in [1.807, 2.05) is 43.3 Å². The minimum absolute atomic E-state index is 0.0984. The van der Waals surface area contributed by atoms with E-state index in [0.29, 0.717) is 35.1 Å². The molecule has 0 radical (unpaired) electrons. The molecule has 180 valence electrons. The van der Waals surface area contributed by atoms with Crippen LogP contribution in [0.3, 0.4) is 0 Å². The van der Waals surface area contributed by atoms with Crippen molar-refractivity contribution in [1.29, 1.82) is 0 Å². The first-order chi connectivity index (χ1) is 16.5. The predicted molar refractivity (Wildman–Crippen MR) is 134 cm³/mol. The third kappa shape index (κ3) is 4.66. The van der Waals surface area contributed by atoms with Gasteiger partial charge in [-0.15, -0.1) is 0 Å². The molecular weight excluding hydrogens is 430 g/mol. The normalized spacial score (nSPS) is 13.0. The minimum atomic E-state index is -0.0984. The summed E-state index contributed by atoms with van der Waals surface area (Å²) >= 11 is 0. The number of amides is 1. The second-order valence-corrected chi connectivity index (χ2v) is 8.83. The lowest BCUT2D eigenvalue weighted by Crippen LogP contribution is -2.31. The Balaban J connectivity index is 1.90. The summed E-state index contributed by atoms with van der Waals surface area (Å²) in [7, 11) is 8.74. The van der Waals surface area contributed by atoms with Crippen LogP contribution in [-0.4, -0.2) is 64.3 Å². The Kier molecular flexibility index (Phi) is 7.22. The van der Waals surface area contributed by atoms with Gasteiger partial charge in [0.2, 0.25) is 5.75 Å². The first kappa shape index (κ1) is 23.8. The summed E-state index contributed by atoms with van der Waals surface area (Å²) in [4.78, 5) is 20.4. The SMILES string of the molecule is COc1cc(-c2cc(C(=O)NCCN(C)C)c3ccc4c(c3n2)CCCC4)cc(OC)c1OC. The smallest absolute Gasteiger partial charge is 0.252 e. The number of hydrogen-bond acceptors (Lipinski definition) is 6. The van der Waals surface area contributed by atoms with Crippen LogP contribution in [0.15, 0.2) is 30.3 Å². The molecule has 1 aliphatic carbocycles. The van der Waals surface area contributed by atoms with Gasteiger partial charge in [0.05, 0.1) is 38.1 Å². The number of likely N-dealkylation sites (N-methyl/N-ethyl adjacent to an activating group) is 1. The fourth-order valence-corrected chi connectivity index (χ4v) is 4.57. The predicted octanol–water partition coefficient (Wildman–Crippen LogP) is 4.10. The minimum Gasteiger partial charge on any atom is -0.493 e. The largest absolute Gasteiger partial charge is 0.493 e. The van der Waals surface area contributed by atoms with Gasteiger partial charge in [0.25, 0.3) is 5.91 Å². The molecule has 0 unspecified atom stereocenters.